The highest BCUT2D eigenvalue weighted by Crippen LogP contribution is 2.24. The van der Waals surface area contributed by atoms with E-state index in [-0.39, 0.29) is 37.3 Å². The molecule has 0 radical (unpaired) electrons. The van der Waals surface area contributed by atoms with Gasteiger partial charge in [0.1, 0.15) is 18.2 Å². The van der Waals surface area contributed by atoms with Crippen LogP contribution < -0.4 is 9.64 Å². The third-order valence-corrected chi connectivity index (χ3v) is 7.29. The molecule has 41 heavy (non-hydrogen) atoms. The molecule has 0 atom stereocenters. The average Bonchev–Trinajstić information content (AvgIpc) is 2.96. The van der Waals surface area contributed by atoms with E-state index in [1.165, 1.54) is 19.2 Å². The second kappa shape index (κ2) is 15.5. The summed E-state index contributed by atoms with van der Waals surface area (Å²) < 4.78 is 24.1. The highest BCUT2D eigenvalue weighted by Gasteiger charge is 2.23. The standard InChI is InChI=1S/C32H37ClFN3O4/c1-40-24-32(39)37-20-5-18-35(22-25-8-10-27(33)11-9-25)17-4-19-36(23-26-6-2-3-7-30(26)37)31(38)16-21-41-29-14-12-28(34)13-15-29/h2-3,6-15H,4-5,16-24H2,1H3. The maximum atomic E-state index is 13.5. The number of anilines is 1. The lowest BCUT2D eigenvalue weighted by Gasteiger charge is -2.31. The minimum Gasteiger partial charge on any atom is -0.493 e. The number of carbonyl (C=O) groups excluding carboxylic acids is 2. The van der Waals surface area contributed by atoms with Gasteiger partial charge in [-0.3, -0.25) is 14.5 Å². The van der Waals surface area contributed by atoms with Gasteiger partial charge in [-0.1, -0.05) is 41.9 Å². The number of ether oxygens (including phenoxy) is 2. The van der Waals surface area contributed by atoms with Crippen LogP contribution >= 0.6 is 11.6 Å². The zero-order chi connectivity index (χ0) is 29.0. The van der Waals surface area contributed by atoms with Crippen molar-refractivity contribution in [2.24, 2.45) is 0 Å². The fourth-order valence-electron chi connectivity index (χ4n) is 4.99. The highest BCUT2D eigenvalue weighted by molar-refractivity contribution is 6.30. The summed E-state index contributed by atoms with van der Waals surface area (Å²) in [6, 6.07) is 21.3. The van der Waals surface area contributed by atoms with Gasteiger partial charge in [-0.15, -0.1) is 0 Å². The van der Waals surface area contributed by atoms with E-state index >= 15 is 0 Å². The molecule has 1 heterocycles. The van der Waals surface area contributed by atoms with Crippen LogP contribution in [-0.2, 0) is 27.4 Å². The maximum absolute atomic E-state index is 13.5. The first kappa shape index (κ1) is 30.5. The molecule has 0 spiro atoms. The molecule has 0 saturated heterocycles. The molecule has 0 unspecified atom stereocenters. The zero-order valence-corrected chi connectivity index (χ0v) is 24.2. The fraction of sp³-hybridized carbons (Fsp3) is 0.375. The Labute approximate surface area is 246 Å². The summed E-state index contributed by atoms with van der Waals surface area (Å²) >= 11 is 6.09. The van der Waals surface area contributed by atoms with Crippen molar-refractivity contribution in [3.8, 4) is 5.75 Å². The van der Waals surface area contributed by atoms with Crippen molar-refractivity contribution in [3.63, 3.8) is 0 Å². The predicted octanol–water partition coefficient (Wildman–Crippen LogP) is 5.55. The van der Waals surface area contributed by atoms with E-state index in [1.807, 2.05) is 53.4 Å². The van der Waals surface area contributed by atoms with E-state index in [9.17, 15) is 14.0 Å². The van der Waals surface area contributed by atoms with Crippen LogP contribution in [-0.4, -0.2) is 68.1 Å². The van der Waals surface area contributed by atoms with Gasteiger partial charge in [0, 0.05) is 57.1 Å². The Bertz CT molecular complexity index is 1270. The lowest BCUT2D eigenvalue weighted by atomic mass is 10.1. The van der Waals surface area contributed by atoms with E-state index in [1.54, 1.807) is 17.0 Å². The van der Waals surface area contributed by atoms with Crippen molar-refractivity contribution in [1.29, 1.82) is 0 Å². The van der Waals surface area contributed by atoms with Crippen LogP contribution in [0.4, 0.5) is 10.1 Å². The molecule has 1 aliphatic rings. The summed E-state index contributed by atoms with van der Waals surface area (Å²) in [5.74, 6) is 0.0164. The Kier molecular flexibility index (Phi) is 11.5. The summed E-state index contributed by atoms with van der Waals surface area (Å²) in [5, 5.41) is 0.700. The summed E-state index contributed by atoms with van der Waals surface area (Å²) in [7, 11) is 1.52. The van der Waals surface area contributed by atoms with E-state index in [0.717, 1.165) is 49.3 Å². The van der Waals surface area contributed by atoms with Gasteiger partial charge >= 0.3 is 0 Å². The van der Waals surface area contributed by atoms with Crippen LogP contribution in [0.5, 0.6) is 5.75 Å². The number of fused-ring (bicyclic) bond motifs is 1. The molecule has 0 aliphatic carbocycles. The summed E-state index contributed by atoms with van der Waals surface area (Å²) in [4.78, 5) is 32.6. The summed E-state index contributed by atoms with van der Waals surface area (Å²) in [6.45, 7) is 3.98. The topological polar surface area (TPSA) is 62.3 Å². The molecule has 0 N–H and O–H groups in total. The smallest absolute Gasteiger partial charge is 0.252 e. The minimum absolute atomic E-state index is 0.0216. The first-order chi connectivity index (χ1) is 19.9. The lowest BCUT2D eigenvalue weighted by molar-refractivity contribution is -0.132. The van der Waals surface area contributed by atoms with E-state index in [4.69, 9.17) is 21.1 Å². The van der Waals surface area contributed by atoms with Gasteiger partial charge in [0.25, 0.3) is 5.91 Å². The van der Waals surface area contributed by atoms with E-state index < -0.39 is 0 Å². The van der Waals surface area contributed by atoms with Crippen molar-refractivity contribution in [3.05, 3.63) is 94.8 Å². The molecule has 7 nitrogen and oxygen atoms in total. The van der Waals surface area contributed by atoms with Crippen LogP contribution in [0, 0.1) is 5.82 Å². The number of nitrogens with zero attached hydrogens (tertiary/aromatic N) is 3. The van der Waals surface area contributed by atoms with Crippen molar-refractivity contribution >= 4 is 29.1 Å². The number of carbonyl (C=O) groups is 2. The van der Waals surface area contributed by atoms with Gasteiger partial charge in [0.15, 0.2) is 0 Å². The second-order valence-corrected chi connectivity index (χ2v) is 10.5. The molecule has 1 aliphatic heterocycles. The Hall–Kier alpha value is -3.46. The number of halogens is 2. The Morgan fingerprint density at radius 1 is 0.878 bits per heavy atom. The average molecular weight is 582 g/mol. The molecule has 218 valence electrons. The molecule has 3 aromatic rings. The van der Waals surface area contributed by atoms with Gasteiger partial charge in [-0.25, -0.2) is 4.39 Å². The molecule has 0 fully saturated rings. The Morgan fingerprint density at radius 2 is 1.59 bits per heavy atom. The van der Waals surface area contributed by atoms with Crippen LogP contribution in [0.3, 0.4) is 0 Å². The van der Waals surface area contributed by atoms with Gasteiger partial charge in [-0.05, 0) is 66.4 Å². The second-order valence-electron chi connectivity index (χ2n) is 10.1. The first-order valence-corrected chi connectivity index (χ1v) is 14.3. The van der Waals surface area contributed by atoms with E-state index in [2.05, 4.69) is 4.90 Å². The summed E-state index contributed by atoms with van der Waals surface area (Å²) in [5.41, 5.74) is 2.85. The van der Waals surface area contributed by atoms with Gasteiger partial charge in [0.2, 0.25) is 5.91 Å². The van der Waals surface area contributed by atoms with Crippen LogP contribution in [0.15, 0.2) is 72.8 Å². The molecular formula is C32H37ClFN3O4. The third-order valence-electron chi connectivity index (χ3n) is 7.04. The number of amides is 2. The van der Waals surface area contributed by atoms with Gasteiger partial charge in [-0.2, -0.15) is 0 Å². The predicted molar refractivity (Wildman–Crippen MR) is 159 cm³/mol. The minimum atomic E-state index is -0.338. The first-order valence-electron chi connectivity index (χ1n) is 13.9. The molecular weight excluding hydrogens is 545 g/mol. The molecule has 3 aromatic carbocycles. The molecule has 0 bridgehead atoms. The Morgan fingerprint density at radius 3 is 2.32 bits per heavy atom. The number of para-hydroxylation sites is 1. The third kappa shape index (κ3) is 9.28. The van der Waals surface area contributed by atoms with Crippen LogP contribution in [0.2, 0.25) is 5.02 Å². The number of hydrogen-bond acceptors (Lipinski definition) is 5. The zero-order valence-electron chi connectivity index (χ0n) is 23.4. The quantitative estimate of drug-likeness (QED) is 0.349. The lowest BCUT2D eigenvalue weighted by Crippen LogP contribution is -2.40. The van der Waals surface area contributed by atoms with Crippen molar-refractivity contribution in [1.82, 2.24) is 9.80 Å². The fourth-order valence-corrected chi connectivity index (χ4v) is 5.11. The van der Waals surface area contributed by atoms with Crippen molar-refractivity contribution in [2.45, 2.75) is 32.4 Å². The molecule has 0 saturated carbocycles. The molecule has 9 heteroatoms. The van der Waals surface area contributed by atoms with Crippen molar-refractivity contribution in [2.75, 3.05) is 51.4 Å². The summed E-state index contributed by atoms with van der Waals surface area (Å²) in [6.07, 6.45) is 1.77. The maximum Gasteiger partial charge on any atom is 0.252 e. The Balaban J connectivity index is 1.53. The molecule has 2 amide bonds. The molecule has 0 aromatic heterocycles. The normalized spacial score (nSPS) is 15.0. The van der Waals surface area contributed by atoms with Crippen LogP contribution in [0.25, 0.3) is 0 Å². The SMILES string of the molecule is COCC(=O)N1CCCN(Cc2ccc(Cl)cc2)CCCN(C(=O)CCOc2ccc(F)cc2)Cc2ccccc21. The molecule has 4 rings (SSSR count). The number of hydrogen-bond donors (Lipinski definition) is 0. The number of rotatable bonds is 8. The van der Waals surface area contributed by atoms with Crippen molar-refractivity contribution < 1.29 is 23.5 Å². The van der Waals surface area contributed by atoms with Gasteiger partial charge < -0.3 is 19.3 Å². The van der Waals surface area contributed by atoms with Gasteiger partial charge in [0.05, 0.1) is 13.0 Å². The largest absolute Gasteiger partial charge is 0.493 e. The van der Waals surface area contributed by atoms with E-state index in [0.29, 0.717) is 30.4 Å². The van der Waals surface area contributed by atoms with Crippen LogP contribution in [0.1, 0.15) is 30.4 Å². The number of benzene rings is 3. The monoisotopic (exact) mass is 581 g/mol. The number of methoxy groups -OCH3 is 1. The highest BCUT2D eigenvalue weighted by atomic mass is 35.5.